The highest BCUT2D eigenvalue weighted by atomic mass is 32.2. The zero-order valence-electron chi connectivity index (χ0n) is 11.6. The summed E-state index contributed by atoms with van der Waals surface area (Å²) in [7, 11) is -3.57. The van der Waals surface area contributed by atoms with Crippen LogP contribution in [0.25, 0.3) is 0 Å². The number of hydrogen-bond donors (Lipinski definition) is 2. The van der Waals surface area contributed by atoms with Gasteiger partial charge in [0, 0.05) is 6.07 Å². The van der Waals surface area contributed by atoms with Crippen LogP contribution in [0.5, 0.6) is 0 Å². The van der Waals surface area contributed by atoms with Crippen LogP contribution in [0.15, 0.2) is 48.5 Å². The molecule has 0 aliphatic rings. The lowest BCUT2D eigenvalue weighted by molar-refractivity contribution is 0.595. The van der Waals surface area contributed by atoms with E-state index in [0.29, 0.717) is 0 Å². The predicted octanol–water partition coefficient (Wildman–Crippen LogP) is 2.95. The molecule has 0 saturated carbocycles. The fourth-order valence-corrected chi connectivity index (χ4v) is 3.44. The van der Waals surface area contributed by atoms with Crippen molar-refractivity contribution in [2.45, 2.75) is 12.8 Å². The van der Waals surface area contributed by atoms with E-state index in [1.165, 1.54) is 12.1 Å². The molecule has 1 unspecified atom stereocenters. The Morgan fingerprint density at radius 3 is 2.48 bits per heavy atom. The number of hydrogen-bond acceptors (Lipinski definition) is 3. The highest BCUT2D eigenvalue weighted by Gasteiger charge is 2.17. The van der Waals surface area contributed by atoms with Crippen molar-refractivity contribution < 1.29 is 12.8 Å². The molecular formula is C15H17FN2O2S. The third-order valence-electron chi connectivity index (χ3n) is 3.11. The van der Waals surface area contributed by atoms with E-state index in [1.54, 1.807) is 0 Å². The molecule has 1 atom stereocenters. The summed E-state index contributed by atoms with van der Waals surface area (Å²) in [6, 6.07) is 13.2. The van der Waals surface area contributed by atoms with Gasteiger partial charge in [-0.15, -0.1) is 0 Å². The second-order valence-corrected chi connectivity index (χ2v) is 6.70. The molecule has 0 aliphatic carbocycles. The Hall–Kier alpha value is -2.08. The summed E-state index contributed by atoms with van der Waals surface area (Å²) in [4.78, 5) is 0. The Bertz CT molecular complexity index is 718. The van der Waals surface area contributed by atoms with Crippen LogP contribution in [0.3, 0.4) is 0 Å². The number of nitrogen functional groups attached to an aromatic ring is 1. The van der Waals surface area contributed by atoms with Crippen LogP contribution in [-0.4, -0.2) is 14.2 Å². The first-order valence-corrected chi connectivity index (χ1v) is 8.13. The zero-order valence-corrected chi connectivity index (χ0v) is 12.4. The number of nitrogens with two attached hydrogens (primary N) is 1. The van der Waals surface area contributed by atoms with E-state index < -0.39 is 15.8 Å². The summed E-state index contributed by atoms with van der Waals surface area (Å²) in [6.45, 7) is 1.83. The molecule has 0 fully saturated rings. The smallest absolute Gasteiger partial charge is 0.233 e. The number of anilines is 2. The predicted molar refractivity (Wildman–Crippen MR) is 83.1 cm³/mol. The number of rotatable bonds is 5. The van der Waals surface area contributed by atoms with E-state index in [4.69, 9.17) is 5.73 Å². The maximum absolute atomic E-state index is 13.3. The molecule has 21 heavy (non-hydrogen) atoms. The van der Waals surface area contributed by atoms with Crippen molar-refractivity contribution >= 4 is 21.4 Å². The van der Waals surface area contributed by atoms with E-state index in [1.807, 2.05) is 37.3 Å². The van der Waals surface area contributed by atoms with Crippen LogP contribution in [0.1, 0.15) is 18.4 Å². The molecular weight excluding hydrogens is 291 g/mol. The summed E-state index contributed by atoms with van der Waals surface area (Å²) in [6.07, 6.45) is 0. The second-order valence-electron chi connectivity index (χ2n) is 4.93. The van der Waals surface area contributed by atoms with Gasteiger partial charge in [0.1, 0.15) is 5.82 Å². The van der Waals surface area contributed by atoms with Crippen molar-refractivity contribution in [3.63, 3.8) is 0 Å². The first-order chi connectivity index (χ1) is 9.87. The number of halogens is 1. The highest BCUT2D eigenvalue weighted by Crippen LogP contribution is 2.20. The van der Waals surface area contributed by atoms with E-state index in [9.17, 15) is 12.8 Å². The molecule has 0 heterocycles. The normalized spacial score (nSPS) is 12.9. The Kier molecular flexibility index (Phi) is 4.47. The lowest BCUT2D eigenvalue weighted by atomic mass is 10.0. The molecule has 2 aromatic carbocycles. The van der Waals surface area contributed by atoms with Gasteiger partial charge in [-0.25, -0.2) is 12.8 Å². The minimum Gasteiger partial charge on any atom is -0.396 e. The van der Waals surface area contributed by atoms with Gasteiger partial charge < -0.3 is 5.73 Å². The van der Waals surface area contributed by atoms with Gasteiger partial charge in [-0.05, 0) is 23.6 Å². The van der Waals surface area contributed by atoms with E-state index in [-0.39, 0.29) is 23.0 Å². The van der Waals surface area contributed by atoms with Crippen LogP contribution in [0.4, 0.5) is 15.8 Å². The first-order valence-electron chi connectivity index (χ1n) is 6.48. The molecule has 0 bridgehead atoms. The Morgan fingerprint density at radius 2 is 1.86 bits per heavy atom. The van der Waals surface area contributed by atoms with Crippen LogP contribution in [0.2, 0.25) is 0 Å². The molecule has 0 saturated heterocycles. The molecule has 0 amide bonds. The van der Waals surface area contributed by atoms with Crippen LogP contribution < -0.4 is 10.5 Å². The van der Waals surface area contributed by atoms with Crippen LogP contribution >= 0.6 is 0 Å². The lowest BCUT2D eigenvalue weighted by Crippen LogP contribution is -2.20. The van der Waals surface area contributed by atoms with Gasteiger partial charge in [-0.2, -0.15) is 0 Å². The Balaban J connectivity index is 2.10. The number of benzene rings is 2. The van der Waals surface area contributed by atoms with E-state index >= 15 is 0 Å². The molecule has 6 heteroatoms. The Labute approximate surface area is 123 Å². The van der Waals surface area contributed by atoms with Crippen molar-refractivity contribution in [2.75, 3.05) is 16.2 Å². The van der Waals surface area contributed by atoms with Gasteiger partial charge in [0.15, 0.2) is 0 Å². The van der Waals surface area contributed by atoms with Gasteiger partial charge in [-0.1, -0.05) is 37.3 Å². The Morgan fingerprint density at radius 1 is 1.19 bits per heavy atom. The summed E-state index contributed by atoms with van der Waals surface area (Å²) >= 11 is 0. The van der Waals surface area contributed by atoms with Crippen LogP contribution in [-0.2, 0) is 10.0 Å². The molecule has 2 rings (SSSR count). The van der Waals surface area contributed by atoms with Crippen molar-refractivity contribution in [1.29, 1.82) is 0 Å². The quantitative estimate of drug-likeness (QED) is 0.834. The molecule has 112 valence electrons. The molecule has 0 radical (unpaired) electrons. The average Bonchev–Trinajstić information content (AvgIpc) is 2.43. The molecule has 4 nitrogen and oxygen atoms in total. The minimum absolute atomic E-state index is 0.0180. The SMILES string of the molecule is CC(CS(=O)(=O)Nc1ccc(N)c(F)c1)c1ccccc1. The first kappa shape index (κ1) is 15.3. The molecule has 0 spiro atoms. The van der Waals surface area contributed by atoms with Gasteiger partial charge in [0.05, 0.1) is 17.1 Å². The van der Waals surface area contributed by atoms with Crippen LogP contribution in [0, 0.1) is 5.82 Å². The summed E-state index contributed by atoms with van der Waals surface area (Å²) in [5.41, 5.74) is 6.44. The standard InChI is InChI=1S/C15H17FN2O2S/c1-11(12-5-3-2-4-6-12)10-21(19,20)18-13-7-8-15(17)14(16)9-13/h2-9,11,18H,10,17H2,1H3. The minimum atomic E-state index is -3.57. The summed E-state index contributed by atoms with van der Waals surface area (Å²) in [5.74, 6) is -0.892. The number of sulfonamides is 1. The lowest BCUT2D eigenvalue weighted by Gasteiger charge is -2.14. The topological polar surface area (TPSA) is 72.2 Å². The summed E-state index contributed by atoms with van der Waals surface area (Å²) < 4.78 is 39.9. The monoisotopic (exact) mass is 308 g/mol. The van der Waals surface area contributed by atoms with Gasteiger partial charge >= 0.3 is 0 Å². The van der Waals surface area contributed by atoms with E-state index in [2.05, 4.69) is 4.72 Å². The fourth-order valence-electron chi connectivity index (χ4n) is 2.02. The maximum Gasteiger partial charge on any atom is 0.233 e. The van der Waals surface area contributed by atoms with E-state index in [0.717, 1.165) is 11.6 Å². The molecule has 0 aliphatic heterocycles. The fraction of sp³-hybridized carbons (Fsp3) is 0.200. The van der Waals surface area contributed by atoms with Crippen molar-refractivity contribution in [1.82, 2.24) is 0 Å². The average molecular weight is 308 g/mol. The van der Waals surface area contributed by atoms with Crippen molar-refractivity contribution in [2.24, 2.45) is 0 Å². The largest absolute Gasteiger partial charge is 0.396 e. The van der Waals surface area contributed by atoms with Gasteiger partial charge in [-0.3, -0.25) is 4.72 Å². The number of nitrogens with one attached hydrogen (secondary N) is 1. The highest BCUT2D eigenvalue weighted by molar-refractivity contribution is 7.92. The van der Waals surface area contributed by atoms with Crippen molar-refractivity contribution in [3.05, 3.63) is 59.9 Å². The summed E-state index contributed by atoms with van der Waals surface area (Å²) in [5, 5.41) is 0. The van der Waals surface area contributed by atoms with Gasteiger partial charge in [0.2, 0.25) is 10.0 Å². The van der Waals surface area contributed by atoms with Gasteiger partial charge in [0.25, 0.3) is 0 Å². The molecule has 3 N–H and O–H groups in total. The maximum atomic E-state index is 13.3. The third kappa shape index (κ3) is 4.19. The molecule has 0 aromatic heterocycles. The zero-order chi connectivity index (χ0) is 15.5. The molecule has 2 aromatic rings. The third-order valence-corrected chi connectivity index (χ3v) is 4.60. The second kappa shape index (κ2) is 6.13. The van der Waals surface area contributed by atoms with Crippen molar-refractivity contribution in [3.8, 4) is 0 Å².